The molecule has 1 heteroatoms. The molecule has 1 nitrogen and oxygen atoms in total. The summed E-state index contributed by atoms with van der Waals surface area (Å²) in [6, 6.07) is 14.1. The van der Waals surface area contributed by atoms with Crippen molar-refractivity contribution in [3.05, 3.63) is 112 Å². The van der Waals surface area contributed by atoms with E-state index in [1.165, 1.54) is 79.7 Å². The molecule has 1 heterocycles. The number of aryl methyl sites for hydroxylation is 1. The molecule has 3 atom stereocenters. The zero-order valence-electron chi connectivity index (χ0n) is 27.2. The maximum Gasteiger partial charge on any atom is 0.0468 e. The fourth-order valence-electron chi connectivity index (χ4n) is 9.91. The summed E-state index contributed by atoms with van der Waals surface area (Å²) >= 11 is 0. The van der Waals surface area contributed by atoms with Gasteiger partial charge in [-0.25, -0.2) is 0 Å². The molecular formula is C41H50O. The van der Waals surface area contributed by atoms with Gasteiger partial charge in [0.25, 0.3) is 0 Å². The first-order valence-corrected chi connectivity index (χ1v) is 16.1. The topological polar surface area (TPSA) is 9.23 Å². The summed E-state index contributed by atoms with van der Waals surface area (Å²) in [4.78, 5) is 0. The molecule has 2 aromatic carbocycles. The van der Waals surface area contributed by atoms with Gasteiger partial charge in [-0.2, -0.15) is 0 Å². The van der Waals surface area contributed by atoms with E-state index in [9.17, 15) is 0 Å². The average molecular weight is 559 g/mol. The highest BCUT2D eigenvalue weighted by molar-refractivity contribution is 5.90. The van der Waals surface area contributed by atoms with Gasteiger partial charge in [0, 0.05) is 18.6 Å². The van der Waals surface area contributed by atoms with Crippen molar-refractivity contribution in [3.8, 4) is 11.1 Å². The average Bonchev–Trinajstić information content (AvgIpc) is 2.91. The van der Waals surface area contributed by atoms with Gasteiger partial charge in [0.1, 0.15) is 0 Å². The molecule has 6 rings (SSSR count). The van der Waals surface area contributed by atoms with Crippen molar-refractivity contribution < 1.29 is 4.74 Å². The van der Waals surface area contributed by atoms with Crippen molar-refractivity contribution in [2.24, 2.45) is 22.2 Å². The first-order valence-electron chi connectivity index (χ1n) is 16.1. The third kappa shape index (κ3) is 4.22. The highest BCUT2D eigenvalue weighted by Gasteiger charge is 2.59. The van der Waals surface area contributed by atoms with Crippen LogP contribution >= 0.6 is 0 Å². The summed E-state index contributed by atoms with van der Waals surface area (Å²) in [6.45, 7) is 32.4. The highest BCUT2D eigenvalue weighted by atomic mass is 16.5. The summed E-state index contributed by atoms with van der Waals surface area (Å²) in [5, 5.41) is 0. The van der Waals surface area contributed by atoms with Crippen molar-refractivity contribution in [1.82, 2.24) is 0 Å². The summed E-state index contributed by atoms with van der Waals surface area (Å²) < 4.78 is 5.58. The molecule has 0 spiro atoms. The summed E-state index contributed by atoms with van der Waals surface area (Å²) in [5.74, 6) is 0.743. The number of ether oxygens (including phenoxy) is 1. The number of allylic oxidation sites excluding steroid dienone is 7. The molecule has 42 heavy (non-hydrogen) atoms. The van der Waals surface area contributed by atoms with Crippen LogP contribution < -0.4 is 0 Å². The van der Waals surface area contributed by atoms with E-state index in [-0.39, 0.29) is 16.2 Å². The molecule has 0 amide bonds. The molecule has 0 N–H and O–H groups in total. The highest BCUT2D eigenvalue weighted by Crippen LogP contribution is 2.70. The first kappa shape index (κ1) is 29.2. The van der Waals surface area contributed by atoms with Crippen molar-refractivity contribution in [1.29, 1.82) is 0 Å². The smallest absolute Gasteiger partial charge is 0.0468 e. The van der Waals surface area contributed by atoms with Gasteiger partial charge in [0.2, 0.25) is 0 Å². The molecule has 0 aromatic heterocycles. The Morgan fingerprint density at radius 2 is 1.60 bits per heavy atom. The van der Waals surface area contributed by atoms with E-state index < -0.39 is 0 Å². The minimum atomic E-state index is -0.123. The summed E-state index contributed by atoms with van der Waals surface area (Å²) in [5.41, 5.74) is 17.6. The standard InChI is InChI=1S/C41H50O/c1-25(2)36-27(4)22-40(9)24-39(8)23-35-34(33-14-12-31(13-15-33)21-32-17-19-42-20-18-32)16-11-26(3)37(35)28(5)38(39)30(7)41(40,10)29(36)6/h11-16,32H,1,5-6,17-24H2,2-4,7-10H3/t39-,40+,41-/m1/s1. The monoisotopic (exact) mass is 558 g/mol. The lowest BCUT2D eigenvalue weighted by Gasteiger charge is -2.62. The lowest BCUT2D eigenvalue weighted by atomic mass is 9.41. The van der Waals surface area contributed by atoms with Crippen molar-refractivity contribution in [2.75, 3.05) is 13.2 Å². The normalized spacial score (nSPS) is 29.8. The fraction of sp³-hybridized carbons (Fsp3) is 0.463. The second-order valence-corrected chi connectivity index (χ2v) is 14.9. The third-order valence-electron chi connectivity index (χ3n) is 12.0. The van der Waals surface area contributed by atoms with Gasteiger partial charge in [-0.3, -0.25) is 0 Å². The Morgan fingerprint density at radius 1 is 0.929 bits per heavy atom. The Kier molecular flexibility index (Phi) is 7.01. The molecule has 0 unspecified atom stereocenters. The van der Waals surface area contributed by atoms with Gasteiger partial charge in [-0.15, -0.1) is 0 Å². The van der Waals surface area contributed by atoms with Gasteiger partial charge in [-0.1, -0.05) is 93.6 Å². The number of benzene rings is 2. The summed E-state index contributed by atoms with van der Waals surface area (Å²) in [6.07, 6.45) is 6.76. The van der Waals surface area contributed by atoms with Crippen LogP contribution in [0.25, 0.3) is 16.7 Å². The van der Waals surface area contributed by atoms with Crippen LogP contribution in [-0.4, -0.2) is 13.2 Å². The van der Waals surface area contributed by atoms with Gasteiger partial charge >= 0.3 is 0 Å². The lowest BCUT2D eigenvalue weighted by molar-refractivity contribution is 0.0544. The van der Waals surface area contributed by atoms with Gasteiger partial charge < -0.3 is 4.74 Å². The van der Waals surface area contributed by atoms with E-state index in [2.05, 4.69) is 91.4 Å². The predicted molar refractivity (Wildman–Crippen MR) is 180 cm³/mol. The molecule has 0 saturated carbocycles. The molecular weight excluding hydrogens is 508 g/mol. The van der Waals surface area contributed by atoms with E-state index in [4.69, 9.17) is 17.9 Å². The predicted octanol–water partition coefficient (Wildman–Crippen LogP) is 10.8. The van der Waals surface area contributed by atoms with Crippen LogP contribution in [0.15, 0.2) is 89.6 Å². The van der Waals surface area contributed by atoms with Crippen molar-refractivity contribution in [2.45, 2.75) is 87.0 Å². The van der Waals surface area contributed by atoms with Crippen molar-refractivity contribution in [3.63, 3.8) is 0 Å². The minimum absolute atomic E-state index is 0.0231. The van der Waals surface area contributed by atoms with Crippen LogP contribution in [0.1, 0.15) is 89.5 Å². The Labute approximate surface area is 255 Å². The molecule has 0 bridgehead atoms. The largest absolute Gasteiger partial charge is 0.381 e. The zero-order chi connectivity index (χ0) is 30.2. The van der Waals surface area contributed by atoms with Gasteiger partial charge in [0.05, 0.1) is 0 Å². The van der Waals surface area contributed by atoms with Crippen LogP contribution in [0.3, 0.4) is 0 Å². The lowest BCUT2D eigenvalue weighted by Crippen LogP contribution is -2.52. The fourth-order valence-corrected chi connectivity index (χ4v) is 9.91. The number of hydrogen-bond acceptors (Lipinski definition) is 1. The minimum Gasteiger partial charge on any atom is -0.381 e. The van der Waals surface area contributed by atoms with Crippen LogP contribution in [0.4, 0.5) is 0 Å². The SMILES string of the molecule is C=C(C)C1=C(C)C[C@@]2(C)C[C@@]3(C)Cc4c(-c5ccc(CC6CCOCC6)cc5)ccc(C)c4C(=C)C3=C(C)[C@@]2(C)C1=C. The van der Waals surface area contributed by atoms with Crippen molar-refractivity contribution >= 4 is 5.57 Å². The Balaban J connectivity index is 1.44. The van der Waals surface area contributed by atoms with E-state index in [1.54, 1.807) is 0 Å². The summed E-state index contributed by atoms with van der Waals surface area (Å²) in [7, 11) is 0. The Bertz CT molecular complexity index is 1570. The van der Waals surface area contributed by atoms with Gasteiger partial charge in [-0.05, 0) is 139 Å². The molecule has 1 saturated heterocycles. The maximum atomic E-state index is 5.58. The molecule has 0 radical (unpaired) electrons. The van der Waals surface area contributed by atoms with E-state index in [0.29, 0.717) is 0 Å². The van der Waals surface area contributed by atoms with E-state index in [1.807, 2.05) is 0 Å². The number of fused-ring (bicyclic) bond motifs is 3. The first-order chi connectivity index (χ1) is 19.8. The molecule has 220 valence electrons. The molecule has 4 aliphatic rings. The second-order valence-electron chi connectivity index (χ2n) is 14.9. The maximum absolute atomic E-state index is 5.58. The molecule has 1 fully saturated rings. The molecule has 1 aliphatic heterocycles. The van der Waals surface area contributed by atoms with Crippen LogP contribution in [0.5, 0.6) is 0 Å². The third-order valence-corrected chi connectivity index (χ3v) is 12.0. The molecule has 3 aliphatic carbocycles. The van der Waals surface area contributed by atoms with Crippen LogP contribution in [0, 0.1) is 29.1 Å². The quantitative estimate of drug-likeness (QED) is 0.363. The van der Waals surface area contributed by atoms with Crippen LogP contribution in [0.2, 0.25) is 0 Å². The van der Waals surface area contributed by atoms with Crippen LogP contribution in [-0.2, 0) is 17.6 Å². The number of rotatable bonds is 4. The number of hydrogen-bond donors (Lipinski definition) is 0. The van der Waals surface area contributed by atoms with Gasteiger partial charge in [0.15, 0.2) is 0 Å². The van der Waals surface area contributed by atoms with E-state index in [0.717, 1.165) is 50.4 Å². The Morgan fingerprint density at radius 3 is 2.24 bits per heavy atom. The van der Waals surface area contributed by atoms with E-state index >= 15 is 0 Å². The zero-order valence-corrected chi connectivity index (χ0v) is 27.2. The second kappa shape index (κ2) is 10.1. The Hall–Kier alpha value is -2.90. The molecule has 2 aromatic rings.